The van der Waals surface area contributed by atoms with Crippen molar-refractivity contribution in [3.8, 4) is 5.75 Å². The molecule has 27 heavy (non-hydrogen) atoms. The quantitative estimate of drug-likeness (QED) is 0.821. The zero-order chi connectivity index (χ0) is 19.5. The van der Waals surface area contributed by atoms with Crippen molar-refractivity contribution >= 4 is 0 Å². The molecule has 0 saturated carbocycles. The molecule has 0 unspecified atom stereocenters. The molecule has 0 aliphatic carbocycles. The summed E-state index contributed by atoms with van der Waals surface area (Å²) >= 11 is 0. The molecular weight excluding hydrogens is 334 g/mol. The minimum Gasteiger partial charge on any atom is -0.497 e. The van der Waals surface area contributed by atoms with Crippen LogP contribution in [-0.2, 0) is 13.1 Å². The summed E-state index contributed by atoms with van der Waals surface area (Å²) in [7, 11) is 1.71. The largest absolute Gasteiger partial charge is 0.497 e. The van der Waals surface area contributed by atoms with Crippen LogP contribution in [0.5, 0.6) is 5.75 Å². The maximum Gasteiger partial charge on any atom is 0.118 e. The topological polar surface area (TPSA) is 37.4 Å². The van der Waals surface area contributed by atoms with Gasteiger partial charge in [-0.15, -0.1) is 0 Å². The van der Waals surface area contributed by atoms with Crippen molar-refractivity contribution < 1.29 is 4.74 Å². The molecule has 1 aromatic carbocycles. The molecule has 146 valence electrons. The van der Waals surface area contributed by atoms with E-state index in [1.54, 1.807) is 7.11 Å². The van der Waals surface area contributed by atoms with Crippen molar-refractivity contribution in [2.45, 2.75) is 70.7 Å². The summed E-state index contributed by atoms with van der Waals surface area (Å²) in [6.07, 6.45) is 6.05. The minimum atomic E-state index is 0.128. The van der Waals surface area contributed by atoms with E-state index in [1.165, 1.54) is 11.1 Å². The maximum absolute atomic E-state index is 5.31. The molecule has 1 N–H and O–H groups in total. The van der Waals surface area contributed by atoms with E-state index in [-0.39, 0.29) is 11.1 Å². The summed E-state index contributed by atoms with van der Waals surface area (Å²) in [5.41, 5.74) is 2.89. The molecule has 0 radical (unpaired) electrons. The van der Waals surface area contributed by atoms with Gasteiger partial charge in [-0.3, -0.25) is 9.88 Å². The summed E-state index contributed by atoms with van der Waals surface area (Å²) in [6.45, 7) is 11.1. The Kier molecular flexibility index (Phi) is 5.87. The van der Waals surface area contributed by atoms with Gasteiger partial charge < -0.3 is 10.1 Å². The van der Waals surface area contributed by atoms with Crippen LogP contribution in [0.4, 0.5) is 0 Å². The summed E-state index contributed by atoms with van der Waals surface area (Å²) in [5, 5.41) is 3.81. The highest BCUT2D eigenvalue weighted by atomic mass is 16.5. The highest BCUT2D eigenvalue weighted by molar-refractivity contribution is 5.27. The Balaban J connectivity index is 1.84. The van der Waals surface area contributed by atoms with Crippen LogP contribution in [0.1, 0.15) is 51.7 Å². The first-order valence-corrected chi connectivity index (χ1v) is 9.82. The number of nitrogens with one attached hydrogen (secondary N) is 1. The smallest absolute Gasteiger partial charge is 0.118 e. The van der Waals surface area contributed by atoms with E-state index in [9.17, 15) is 0 Å². The van der Waals surface area contributed by atoms with Crippen LogP contribution < -0.4 is 10.1 Å². The van der Waals surface area contributed by atoms with Gasteiger partial charge in [0.2, 0.25) is 0 Å². The maximum atomic E-state index is 5.31. The van der Waals surface area contributed by atoms with Crippen molar-refractivity contribution in [1.82, 2.24) is 15.2 Å². The lowest BCUT2D eigenvalue weighted by atomic mass is 9.79. The molecule has 1 aromatic heterocycles. The molecule has 0 bridgehead atoms. The van der Waals surface area contributed by atoms with Crippen molar-refractivity contribution in [3.63, 3.8) is 0 Å². The Morgan fingerprint density at radius 1 is 0.926 bits per heavy atom. The van der Waals surface area contributed by atoms with Gasteiger partial charge in [-0.1, -0.05) is 12.1 Å². The van der Waals surface area contributed by atoms with E-state index < -0.39 is 0 Å². The Bertz CT molecular complexity index is 709. The zero-order valence-corrected chi connectivity index (χ0v) is 17.3. The van der Waals surface area contributed by atoms with Crippen molar-refractivity contribution in [2.24, 2.45) is 0 Å². The molecule has 1 aliphatic heterocycles. The zero-order valence-electron chi connectivity index (χ0n) is 17.3. The van der Waals surface area contributed by atoms with Crippen LogP contribution in [0.25, 0.3) is 0 Å². The highest BCUT2D eigenvalue weighted by Gasteiger charge is 2.39. The second-order valence-corrected chi connectivity index (χ2v) is 9.06. The number of hydrogen-bond acceptors (Lipinski definition) is 4. The van der Waals surface area contributed by atoms with E-state index in [4.69, 9.17) is 4.74 Å². The van der Waals surface area contributed by atoms with Crippen LogP contribution in [0, 0.1) is 0 Å². The number of hydrogen-bond donors (Lipinski definition) is 1. The number of methoxy groups -OCH3 is 1. The lowest BCUT2D eigenvalue weighted by molar-refractivity contribution is 0.0563. The Morgan fingerprint density at radius 3 is 1.96 bits per heavy atom. The van der Waals surface area contributed by atoms with Gasteiger partial charge in [0.1, 0.15) is 5.75 Å². The number of aromatic nitrogens is 1. The first-order chi connectivity index (χ1) is 12.8. The van der Waals surface area contributed by atoms with Gasteiger partial charge in [-0.25, -0.2) is 0 Å². The molecule has 2 aromatic rings. The SMILES string of the molecule is COc1ccc(CN(Cc2ccncc2)C2CC(C)(C)NC(C)(C)C2)cc1. The average Bonchev–Trinajstić information content (AvgIpc) is 2.60. The summed E-state index contributed by atoms with van der Waals surface area (Å²) < 4.78 is 5.31. The van der Waals surface area contributed by atoms with E-state index in [0.29, 0.717) is 6.04 Å². The van der Waals surface area contributed by atoms with Gasteiger partial charge in [-0.2, -0.15) is 0 Å². The molecule has 0 atom stereocenters. The number of benzene rings is 1. The molecule has 1 saturated heterocycles. The van der Waals surface area contributed by atoms with Crippen molar-refractivity contribution in [1.29, 1.82) is 0 Å². The molecule has 4 nitrogen and oxygen atoms in total. The predicted octanol–water partition coefficient (Wildman–Crippen LogP) is 4.40. The molecular formula is C23H33N3O. The van der Waals surface area contributed by atoms with E-state index >= 15 is 0 Å². The summed E-state index contributed by atoms with van der Waals surface area (Å²) in [5.74, 6) is 0.906. The molecule has 3 rings (SSSR count). The summed E-state index contributed by atoms with van der Waals surface area (Å²) in [6, 6.07) is 13.2. The lowest BCUT2D eigenvalue weighted by Gasteiger charge is -2.49. The van der Waals surface area contributed by atoms with Gasteiger partial charge in [0.25, 0.3) is 0 Å². The number of ether oxygens (including phenoxy) is 1. The lowest BCUT2D eigenvalue weighted by Crippen LogP contribution is -2.62. The van der Waals surface area contributed by atoms with Crippen LogP contribution in [0.15, 0.2) is 48.8 Å². The van der Waals surface area contributed by atoms with Crippen molar-refractivity contribution in [3.05, 3.63) is 59.9 Å². The van der Waals surface area contributed by atoms with Crippen LogP contribution in [0.2, 0.25) is 0 Å². The fourth-order valence-electron chi connectivity index (χ4n) is 4.53. The molecule has 2 heterocycles. The van der Waals surface area contributed by atoms with Crippen molar-refractivity contribution in [2.75, 3.05) is 7.11 Å². The molecule has 0 amide bonds. The minimum absolute atomic E-state index is 0.128. The van der Waals surface area contributed by atoms with E-state index in [1.807, 2.05) is 12.4 Å². The van der Waals surface area contributed by atoms with Gasteiger partial charge >= 0.3 is 0 Å². The van der Waals surface area contributed by atoms with E-state index in [2.05, 4.69) is 79.3 Å². The van der Waals surface area contributed by atoms with Gasteiger partial charge in [0.05, 0.1) is 7.11 Å². The third-order valence-corrected chi connectivity index (χ3v) is 5.36. The Labute approximate surface area is 164 Å². The third kappa shape index (κ3) is 5.53. The first-order valence-electron chi connectivity index (χ1n) is 9.82. The molecule has 0 spiro atoms. The second kappa shape index (κ2) is 7.99. The van der Waals surface area contributed by atoms with Gasteiger partial charge in [0, 0.05) is 42.6 Å². The standard InChI is InChI=1S/C23H33N3O/c1-22(2)14-20(15-23(3,4)25-22)26(17-19-10-12-24-13-11-19)16-18-6-8-21(27-5)9-7-18/h6-13,20,25H,14-17H2,1-5H3. The van der Waals surface area contributed by atoms with E-state index in [0.717, 1.165) is 31.7 Å². The average molecular weight is 368 g/mol. The Morgan fingerprint density at radius 2 is 1.44 bits per heavy atom. The third-order valence-electron chi connectivity index (χ3n) is 5.36. The van der Waals surface area contributed by atoms with Crippen LogP contribution >= 0.6 is 0 Å². The van der Waals surface area contributed by atoms with Crippen LogP contribution in [0.3, 0.4) is 0 Å². The molecule has 4 heteroatoms. The predicted molar refractivity (Wildman–Crippen MR) is 111 cm³/mol. The fraction of sp³-hybridized carbons (Fsp3) is 0.522. The first kappa shape index (κ1) is 19.8. The number of pyridine rings is 1. The summed E-state index contributed by atoms with van der Waals surface area (Å²) in [4.78, 5) is 6.80. The highest BCUT2D eigenvalue weighted by Crippen LogP contribution is 2.33. The monoisotopic (exact) mass is 367 g/mol. The number of piperidine rings is 1. The molecule has 1 fully saturated rings. The Hall–Kier alpha value is -1.91. The number of rotatable bonds is 6. The number of nitrogens with zero attached hydrogens (tertiary/aromatic N) is 2. The molecule has 1 aliphatic rings. The van der Waals surface area contributed by atoms with Gasteiger partial charge in [-0.05, 0) is 75.9 Å². The normalized spacial score (nSPS) is 19.2. The van der Waals surface area contributed by atoms with Crippen LogP contribution in [-0.4, -0.2) is 34.1 Å². The second-order valence-electron chi connectivity index (χ2n) is 9.06. The van der Waals surface area contributed by atoms with Gasteiger partial charge in [0.15, 0.2) is 0 Å². The fourth-order valence-corrected chi connectivity index (χ4v) is 4.53.